The van der Waals surface area contributed by atoms with E-state index in [-0.39, 0.29) is 18.5 Å². The standard InChI is InChI=1S/C24H29F2N5O3/c1-14(2)12-18-17(9-10-32)27-23(28-18)22-19(13-31(30-22)20-8-3-4-11-34-20)29-24(33)21-15(25)6-5-7-16(21)26/h5-7,13-14,20,32H,3-4,8-12H2,1-2H3,(H,27,28)(H,29,33). The number of aliphatic hydroxyl groups excluding tert-OH is 1. The second kappa shape index (κ2) is 10.4. The second-order valence-electron chi connectivity index (χ2n) is 8.83. The van der Waals surface area contributed by atoms with Gasteiger partial charge < -0.3 is 20.1 Å². The number of H-pyrrole nitrogens is 1. The molecule has 0 spiro atoms. The van der Waals surface area contributed by atoms with E-state index in [1.165, 1.54) is 6.07 Å². The van der Waals surface area contributed by atoms with E-state index < -0.39 is 23.1 Å². The minimum absolute atomic E-state index is 0.0596. The molecule has 1 atom stereocenters. The molecule has 2 aromatic heterocycles. The summed E-state index contributed by atoms with van der Waals surface area (Å²) < 4.78 is 35.8. The quantitative estimate of drug-likeness (QED) is 0.454. The van der Waals surface area contributed by atoms with E-state index in [1.54, 1.807) is 10.9 Å². The van der Waals surface area contributed by atoms with Crippen molar-refractivity contribution in [1.82, 2.24) is 19.7 Å². The molecule has 1 saturated heterocycles. The van der Waals surface area contributed by atoms with Crippen LogP contribution in [0.5, 0.6) is 0 Å². The van der Waals surface area contributed by atoms with Crippen LogP contribution in [-0.2, 0) is 17.6 Å². The molecule has 1 fully saturated rings. The van der Waals surface area contributed by atoms with Crippen molar-refractivity contribution in [3.63, 3.8) is 0 Å². The summed E-state index contributed by atoms with van der Waals surface area (Å²) in [6.45, 7) is 4.69. The Morgan fingerprint density at radius 1 is 1.32 bits per heavy atom. The molecule has 1 aromatic carbocycles. The summed E-state index contributed by atoms with van der Waals surface area (Å²) in [5.41, 5.74) is 1.50. The molecule has 0 saturated carbocycles. The summed E-state index contributed by atoms with van der Waals surface area (Å²) in [6, 6.07) is 3.27. The van der Waals surface area contributed by atoms with Crippen LogP contribution in [0, 0.1) is 17.6 Å². The molecule has 0 bridgehead atoms. The first-order valence-electron chi connectivity index (χ1n) is 11.5. The van der Waals surface area contributed by atoms with Gasteiger partial charge in [-0.25, -0.2) is 18.4 Å². The molecule has 3 aromatic rings. The Bertz CT molecular complexity index is 1130. The molecular formula is C24H29F2N5O3. The number of carbonyl (C=O) groups is 1. The topological polar surface area (TPSA) is 105 Å². The predicted octanol–water partition coefficient (Wildman–Crippen LogP) is 4.24. The van der Waals surface area contributed by atoms with E-state index in [9.17, 15) is 18.7 Å². The number of nitrogens with zero attached hydrogens (tertiary/aromatic N) is 3. The third-order valence-corrected chi connectivity index (χ3v) is 5.67. The van der Waals surface area contributed by atoms with Gasteiger partial charge >= 0.3 is 0 Å². The smallest absolute Gasteiger partial charge is 0.261 e. The maximum absolute atomic E-state index is 14.2. The van der Waals surface area contributed by atoms with Gasteiger partial charge in [0, 0.05) is 25.3 Å². The monoisotopic (exact) mass is 473 g/mol. The molecule has 3 heterocycles. The summed E-state index contributed by atoms with van der Waals surface area (Å²) >= 11 is 0. The summed E-state index contributed by atoms with van der Waals surface area (Å²) in [6.07, 6.45) is 5.06. The number of ether oxygens (including phenoxy) is 1. The van der Waals surface area contributed by atoms with Crippen molar-refractivity contribution in [2.75, 3.05) is 18.5 Å². The van der Waals surface area contributed by atoms with E-state index in [1.807, 2.05) is 0 Å². The highest BCUT2D eigenvalue weighted by Gasteiger charge is 2.25. The fourth-order valence-corrected chi connectivity index (χ4v) is 4.08. The average Bonchev–Trinajstić information content (AvgIpc) is 3.38. The molecule has 1 amide bonds. The van der Waals surface area contributed by atoms with Crippen molar-refractivity contribution in [2.45, 2.75) is 52.2 Å². The highest BCUT2D eigenvalue weighted by atomic mass is 19.1. The normalized spacial score (nSPS) is 16.2. The van der Waals surface area contributed by atoms with Crippen LogP contribution in [0.2, 0.25) is 0 Å². The fourth-order valence-electron chi connectivity index (χ4n) is 4.08. The van der Waals surface area contributed by atoms with Crippen LogP contribution in [0.25, 0.3) is 11.5 Å². The lowest BCUT2D eigenvalue weighted by molar-refractivity contribution is -0.0393. The number of amides is 1. The number of aromatic nitrogens is 4. The minimum atomic E-state index is -0.954. The summed E-state index contributed by atoms with van der Waals surface area (Å²) in [4.78, 5) is 20.7. The number of hydrogen-bond donors (Lipinski definition) is 3. The molecule has 8 nitrogen and oxygen atoms in total. The SMILES string of the molecule is CC(C)Cc1[nH]c(-c2nn(C3CCCCO3)cc2NC(=O)c2c(F)cccc2F)nc1CCO. The third-order valence-electron chi connectivity index (χ3n) is 5.67. The predicted molar refractivity (Wildman–Crippen MR) is 122 cm³/mol. The lowest BCUT2D eigenvalue weighted by atomic mass is 10.1. The van der Waals surface area contributed by atoms with Gasteiger partial charge in [-0.2, -0.15) is 5.10 Å². The lowest BCUT2D eigenvalue weighted by Crippen LogP contribution is -2.18. The Morgan fingerprint density at radius 3 is 2.74 bits per heavy atom. The Kier molecular flexibility index (Phi) is 7.38. The highest BCUT2D eigenvalue weighted by Crippen LogP contribution is 2.31. The van der Waals surface area contributed by atoms with E-state index >= 15 is 0 Å². The summed E-state index contributed by atoms with van der Waals surface area (Å²) in [5.74, 6) is -2.08. The number of imidazole rings is 1. The number of aliphatic hydroxyl groups is 1. The molecule has 10 heteroatoms. The fraction of sp³-hybridized carbons (Fsp3) is 0.458. The lowest BCUT2D eigenvalue weighted by Gasteiger charge is -2.22. The van der Waals surface area contributed by atoms with E-state index in [0.717, 1.165) is 43.5 Å². The van der Waals surface area contributed by atoms with Gasteiger partial charge in [-0.05, 0) is 43.7 Å². The number of rotatable bonds is 8. The maximum Gasteiger partial charge on any atom is 0.261 e. The molecule has 0 aliphatic carbocycles. The first-order chi connectivity index (χ1) is 16.4. The Balaban J connectivity index is 1.74. The van der Waals surface area contributed by atoms with Gasteiger partial charge in [0.25, 0.3) is 5.91 Å². The van der Waals surface area contributed by atoms with E-state index in [4.69, 9.17) is 4.74 Å². The summed E-state index contributed by atoms with van der Waals surface area (Å²) in [5, 5.41) is 16.7. The maximum atomic E-state index is 14.2. The van der Waals surface area contributed by atoms with Gasteiger partial charge in [-0.3, -0.25) is 4.79 Å². The molecule has 1 unspecified atom stereocenters. The molecular weight excluding hydrogens is 444 g/mol. The van der Waals surface area contributed by atoms with Crippen molar-refractivity contribution < 1.29 is 23.4 Å². The van der Waals surface area contributed by atoms with Crippen LogP contribution in [0.3, 0.4) is 0 Å². The average molecular weight is 474 g/mol. The summed E-state index contributed by atoms with van der Waals surface area (Å²) in [7, 11) is 0. The molecule has 182 valence electrons. The first kappa shape index (κ1) is 24.0. The molecule has 1 aliphatic rings. The van der Waals surface area contributed by atoms with Crippen molar-refractivity contribution in [3.05, 3.63) is 53.0 Å². The van der Waals surface area contributed by atoms with E-state index in [2.05, 4.69) is 34.2 Å². The van der Waals surface area contributed by atoms with Gasteiger partial charge in [-0.1, -0.05) is 19.9 Å². The van der Waals surface area contributed by atoms with Crippen molar-refractivity contribution in [2.24, 2.45) is 5.92 Å². The van der Waals surface area contributed by atoms with E-state index in [0.29, 0.717) is 36.2 Å². The first-order valence-corrected chi connectivity index (χ1v) is 11.5. The Labute approximate surface area is 196 Å². The zero-order valence-electron chi connectivity index (χ0n) is 19.3. The molecule has 3 N–H and O–H groups in total. The minimum Gasteiger partial charge on any atom is -0.396 e. The van der Waals surface area contributed by atoms with Crippen LogP contribution < -0.4 is 5.32 Å². The number of halogens is 2. The number of aromatic amines is 1. The van der Waals surface area contributed by atoms with Crippen LogP contribution in [0.1, 0.15) is 61.1 Å². The third kappa shape index (κ3) is 5.18. The van der Waals surface area contributed by atoms with Gasteiger partial charge in [0.15, 0.2) is 11.5 Å². The van der Waals surface area contributed by atoms with Gasteiger partial charge in [0.05, 0.1) is 17.6 Å². The van der Waals surface area contributed by atoms with Crippen LogP contribution >= 0.6 is 0 Å². The van der Waals surface area contributed by atoms with Crippen molar-refractivity contribution in [1.29, 1.82) is 0 Å². The van der Waals surface area contributed by atoms with Gasteiger partial charge in [-0.15, -0.1) is 0 Å². The number of benzene rings is 1. The van der Waals surface area contributed by atoms with Crippen molar-refractivity contribution in [3.8, 4) is 11.5 Å². The van der Waals surface area contributed by atoms with Crippen molar-refractivity contribution >= 4 is 11.6 Å². The second-order valence-corrected chi connectivity index (χ2v) is 8.83. The Morgan fingerprint density at radius 2 is 2.09 bits per heavy atom. The number of nitrogens with one attached hydrogen (secondary N) is 2. The zero-order valence-corrected chi connectivity index (χ0v) is 19.3. The Hall–Kier alpha value is -3.11. The largest absolute Gasteiger partial charge is 0.396 e. The van der Waals surface area contributed by atoms with Gasteiger partial charge in [0.2, 0.25) is 0 Å². The van der Waals surface area contributed by atoms with Crippen LogP contribution in [0.4, 0.5) is 14.5 Å². The number of hydrogen-bond acceptors (Lipinski definition) is 5. The molecule has 0 radical (unpaired) electrons. The van der Waals surface area contributed by atoms with Crippen LogP contribution in [-0.4, -0.2) is 44.0 Å². The number of carbonyl (C=O) groups excluding carboxylic acids is 1. The highest BCUT2D eigenvalue weighted by molar-refractivity contribution is 6.06. The number of anilines is 1. The van der Waals surface area contributed by atoms with Gasteiger partial charge in [0.1, 0.15) is 23.4 Å². The molecule has 1 aliphatic heterocycles. The molecule has 34 heavy (non-hydrogen) atoms. The zero-order chi connectivity index (χ0) is 24.2. The van der Waals surface area contributed by atoms with Crippen LogP contribution in [0.15, 0.2) is 24.4 Å². The molecule has 4 rings (SSSR count).